The van der Waals surface area contributed by atoms with Gasteiger partial charge in [-0.05, 0) is 25.0 Å². The normalized spacial score (nSPS) is 22.6. The quantitative estimate of drug-likeness (QED) is 0.428. The van der Waals surface area contributed by atoms with E-state index in [2.05, 4.69) is 5.32 Å². The molecule has 28 heavy (non-hydrogen) atoms. The fourth-order valence-electron chi connectivity index (χ4n) is 3.30. The molecule has 1 aliphatic rings. The van der Waals surface area contributed by atoms with Crippen molar-refractivity contribution in [1.82, 2.24) is 0 Å². The van der Waals surface area contributed by atoms with Crippen molar-refractivity contribution in [2.45, 2.75) is 32.8 Å². The number of ketones is 1. The molecule has 0 radical (unpaired) electrons. The van der Waals surface area contributed by atoms with E-state index in [-0.39, 0.29) is 30.2 Å². The van der Waals surface area contributed by atoms with Gasteiger partial charge in [-0.3, -0.25) is 24.5 Å². The molecule has 1 N–H and O–H groups in total. The Balaban J connectivity index is 1.93. The molecule has 0 aliphatic heterocycles. The van der Waals surface area contributed by atoms with Gasteiger partial charge in [0.2, 0.25) is 6.54 Å². The molecule has 1 aliphatic carbocycles. The summed E-state index contributed by atoms with van der Waals surface area (Å²) in [4.78, 5) is 46.5. The van der Waals surface area contributed by atoms with E-state index in [0.29, 0.717) is 0 Å². The van der Waals surface area contributed by atoms with Crippen LogP contribution in [0.3, 0.4) is 0 Å². The number of esters is 1. The van der Waals surface area contributed by atoms with Gasteiger partial charge in [0.1, 0.15) is 5.78 Å². The smallest absolute Gasteiger partial charge is 0.307 e. The van der Waals surface area contributed by atoms with Crippen molar-refractivity contribution < 1.29 is 32.8 Å². The Labute approximate surface area is 159 Å². The third-order valence-corrected chi connectivity index (χ3v) is 4.80. The van der Waals surface area contributed by atoms with Gasteiger partial charge in [0.05, 0.1) is 6.42 Å². The van der Waals surface area contributed by atoms with Crippen LogP contribution in [0.25, 0.3) is 0 Å². The molecule has 2 rings (SSSR count). The molecule has 1 aromatic carbocycles. The van der Waals surface area contributed by atoms with E-state index in [1.165, 1.54) is 6.92 Å². The van der Waals surface area contributed by atoms with E-state index < -0.39 is 52.9 Å². The molecule has 0 saturated heterocycles. The van der Waals surface area contributed by atoms with E-state index in [0.717, 1.165) is 18.2 Å². The van der Waals surface area contributed by atoms with Gasteiger partial charge in [0, 0.05) is 34.9 Å². The van der Waals surface area contributed by atoms with Crippen molar-refractivity contribution in [2.75, 3.05) is 11.9 Å². The molecule has 0 unspecified atom stereocenters. The average molecular weight is 398 g/mol. The van der Waals surface area contributed by atoms with Gasteiger partial charge in [-0.1, -0.05) is 6.92 Å². The largest absolute Gasteiger partial charge is 0.453 e. The lowest BCUT2D eigenvalue weighted by molar-refractivity contribution is -0.490. The van der Waals surface area contributed by atoms with Gasteiger partial charge in [-0.2, -0.15) is 0 Å². The van der Waals surface area contributed by atoms with Crippen molar-refractivity contribution in [2.24, 2.45) is 17.8 Å². The van der Waals surface area contributed by atoms with E-state index in [1.54, 1.807) is 6.92 Å². The lowest BCUT2D eigenvalue weighted by atomic mass is 9.88. The standard InChI is InChI=1S/C18H20F2N2O6/c1-9-5-16(23)12(13(9)8-22(26)27)7-17(24)28-10(2)18(25)21-11-3-4-14(19)15(20)6-11/h3-4,6,9-10,12-13H,5,7-8H2,1-2H3,(H,21,25)/t9-,10-,12+,13+/m0/s1. The van der Waals surface area contributed by atoms with Gasteiger partial charge in [0.15, 0.2) is 17.7 Å². The number of Topliss-reactive ketones (excluding diaryl/α,β-unsaturated/α-hetero) is 1. The van der Waals surface area contributed by atoms with Crippen molar-refractivity contribution in [3.63, 3.8) is 0 Å². The van der Waals surface area contributed by atoms with Gasteiger partial charge in [0.25, 0.3) is 5.91 Å². The highest BCUT2D eigenvalue weighted by Gasteiger charge is 2.44. The number of benzene rings is 1. The highest BCUT2D eigenvalue weighted by molar-refractivity contribution is 5.95. The number of carbonyl (C=O) groups is 3. The number of nitrogens with zero attached hydrogens (tertiary/aromatic N) is 1. The SMILES string of the molecule is C[C@H](OC(=O)C[C@H]1C(=O)C[C@H](C)[C@H]1C[N+](=O)[O-])C(=O)Nc1ccc(F)c(F)c1. The Bertz CT molecular complexity index is 800. The molecule has 1 saturated carbocycles. The van der Waals surface area contributed by atoms with Crippen molar-refractivity contribution >= 4 is 23.3 Å². The molecule has 8 nitrogen and oxygen atoms in total. The maximum Gasteiger partial charge on any atom is 0.307 e. The van der Waals surface area contributed by atoms with Crippen LogP contribution in [-0.4, -0.2) is 35.2 Å². The maximum atomic E-state index is 13.2. The molecule has 4 atom stereocenters. The van der Waals surface area contributed by atoms with Crippen LogP contribution in [0.15, 0.2) is 18.2 Å². The average Bonchev–Trinajstić information content (AvgIpc) is 2.84. The highest BCUT2D eigenvalue weighted by Crippen LogP contribution is 2.36. The molecule has 152 valence electrons. The Morgan fingerprint density at radius 3 is 2.64 bits per heavy atom. The summed E-state index contributed by atoms with van der Waals surface area (Å²) in [6, 6.07) is 2.76. The van der Waals surface area contributed by atoms with Crippen LogP contribution in [0.2, 0.25) is 0 Å². The minimum Gasteiger partial charge on any atom is -0.453 e. The van der Waals surface area contributed by atoms with Gasteiger partial charge in [-0.25, -0.2) is 8.78 Å². The number of anilines is 1. The van der Waals surface area contributed by atoms with Crippen LogP contribution in [0.1, 0.15) is 26.7 Å². The highest BCUT2D eigenvalue weighted by atomic mass is 19.2. The number of nitrogens with one attached hydrogen (secondary N) is 1. The predicted molar refractivity (Wildman–Crippen MR) is 92.8 cm³/mol. The topological polar surface area (TPSA) is 116 Å². The Hall–Kier alpha value is -2.91. The van der Waals surface area contributed by atoms with Gasteiger partial charge >= 0.3 is 5.97 Å². The second-order valence-corrected chi connectivity index (χ2v) is 6.89. The fourth-order valence-corrected chi connectivity index (χ4v) is 3.30. The molecule has 1 aromatic rings. The number of hydrogen-bond acceptors (Lipinski definition) is 6. The third kappa shape index (κ3) is 5.30. The summed E-state index contributed by atoms with van der Waals surface area (Å²) in [6.45, 7) is 2.58. The first kappa shape index (κ1) is 21.4. The van der Waals surface area contributed by atoms with Crippen molar-refractivity contribution in [3.05, 3.63) is 39.9 Å². The van der Waals surface area contributed by atoms with Crippen molar-refractivity contribution in [1.29, 1.82) is 0 Å². The summed E-state index contributed by atoms with van der Waals surface area (Å²) in [5.41, 5.74) is -0.0161. The molecule has 1 amide bonds. The summed E-state index contributed by atoms with van der Waals surface area (Å²) in [5.74, 6) is -5.68. The predicted octanol–water partition coefficient (Wildman–Crippen LogP) is 2.34. The zero-order valence-corrected chi connectivity index (χ0v) is 15.3. The van der Waals surface area contributed by atoms with Crippen LogP contribution < -0.4 is 5.32 Å². The molecule has 0 spiro atoms. The van der Waals surface area contributed by atoms with E-state index in [4.69, 9.17) is 4.74 Å². The monoisotopic (exact) mass is 398 g/mol. The summed E-state index contributed by atoms with van der Waals surface area (Å²) in [7, 11) is 0. The zero-order chi connectivity index (χ0) is 21.0. The van der Waals surface area contributed by atoms with Crippen LogP contribution in [0, 0.1) is 39.5 Å². The Kier molecular flexibility index (Phi) is 6.76. The fraction of sp³-hybridized carbons (Fsp3) is 0.500. The molecule has 0 bridgehead atoms. The lowest BCUT2D eigenvalue weighted by Crippen LogP contribution is -2.32. The number of halogens is 2. The van der Waals surface area contributed by atoms with Crippen LogP contribution in [-0.2, 0) is 19.1 Å². The second kappa shape index (κ2) is 8.85. The molecule has 10 heteroatoms. The Morgan fingerprint density at radius 1 is 1.36 bits per heavy atom. The van der Waals surface area contributed by atoms with Crippen LogP contribution in [0.5, 0.6) is 0 Å². The summed E-state index contributed by atoms with van der Waals surface area (Å²) in [6.07, 6.45) is -1.46. The van der Waals surface area contributed by atoms with E-state index in [9.17, 15) is 33.3 Å². The number of nitro groups is 1. The molecule has 0 aromatic heterocycles. The number of amides is 1. The van der Waals surface area contributed by atoms with Crippen molar-refractivity contribution in [3.8, 4) is 0 Å². The van der Waals surface area contributed by atoms with E-state index in [1.807, 2.05) is 0 Å². The number of hydrogen-bond donors (Lipinski definition) is 1. The number of ether oxygens (including phenoxy) is 1. The number of carbonyl (C=O) groups excluding carboxylic acids is 3. The first-order valence-corrected chi connectivity index (χ1v) is 8.68. The third-order valence-electron chi connectivity index (χ3n) is 4.80. The first-order chi connectivity index (χ1) is 13.1. The van der Waals surface area contributed by atoms with Crippen LogP contribution >= 0.6 is 0 Å². The summed E-state index contributed by atoms with van der Waals surface area (Å²) >= 11 is 0. The minimum absolute atomic E-state index is 0.0161. The molecule has 0 heterocycles. The molecule has 1 fully saturated rings. The second-order valence-electron chi connectivity index (χ2n) is 6.89. The number of rotatable bonds is 7. The molecular formula is C18H20F2N2O6. The maximum absolute atomic E-state index is 13.2. The Morgan fingerprint density at radius 2 is 2.04 bits per heavy atom. The summed E-state index contributed by atoms with van der Waals surface area (Å²) < 4.78 is 31.1. The van der Waals surface area contributed by atoms with Gasteiger partial charge < -0.3 is 10.1 Å². The minimum atomic E-state index is -1.26. The van der Waals surface area contributed by atoms with Gasteiger partial charge in [-0.15, -0.1) is 0 Å². The summed E-state index contributed by atoms with van der Waals surface area (Å²) in [5, 5.41) is 13.1. The zero-order valence-electron chi connectivity index (χ0n) is 15.3. The van der Waals surface area contributed by atoms with Crippen LogP contribution in [0.4, 0.5) is 14.5 Å². The lowest BCUT2D eigenvalue weighted by Gasteiger charge is -2.18. The molecular weight excluding hydrogens is 378 g/mol. The first-order valence-electron chi connectivity index (χ1n) is 8.68. The van der Waals surface area contributed by atoms with E-state index >= 15 is 0 Å².